The summed E-state index contributed by atoms with van der Waals surface area (Å²) in [4.78, 5) is 13.4. The second-order valence-corrected chi connectivity index (χ2v) is 4.53. The van der Waals surface area contributed by atoms with Crippen molar-refractivity contribution in [2.75, 3.05) is 34.3 Å². The topological polar surface area (TPSA) is 54.7 Å². The van der Waals surface area contributed by atoms with Crippen molar-refractivity contribution < 1.29 is 13.9 Å². The van der Waals surface area contributed by atoms with Crippen LogP contribution in [-0.2, 0) is 4.74 Å². The number of ether oxygens (including phenoxy) is 1. The van der Waals surface area contributed by atoms with Crippen LogP contribution in [0.2, 0.25) is 0 Å². The third-order valence-electron chi connectivity index (χ3n) is 2.67. The van der Waals surface area contributed by atoms with Gasteiger partial charge in [-0.05, 0) is 52.7 Å². The third kappa shape index (κ3) is 4.50. The highest BCUT2D eigenvalue weighted by atomic mass is 16.5. The van der Waals surface area contributed by atoms with Crippen LogP contribution in [0.1, 0.15) is 35.7 Å². The van der Waals surface area contributed by atoms with Crippen LogP contribution >= 0.6 is 0 Å². The highest BCUT2D eigenvalue weighted by Gasteiger charge is 2.14. The summed E-state index contributed by atoms with van der Waals surface area (Å²) in [6.45, 7) is 3.97. The number of hydrogen-bond donors (Lipinski definition) is 1. The van der Waals surface area contributed by atoms with Gasteiger partial charge in [0.2, 0.25) is 5.76 Å². The number of carbonyl (C=O) groups excluding carboxylic acids is 1. The Morgan fingerprint density at radius 1 is 1.50 bits per heavy atom. The molecule has 1 rings (SSSR count). The van der Waals surface area contributed by atoms with Crippen LogP contribution in [0.5, 0.6) is 0 Å². The first-order valence-corrected chi connectivity index (χ1v) is 6.10. The smallest absolute Gasteiger partial charge is 0.373 e. The molecule has 1 unspecified atom stereocenters. The minimum atomic E-state index is -0.443. The molecule has 0 spiro atoms. The van der Waals surface area contributed by atoms with Crippen LogP contribution in [0.15, 0.2) is 16.5 Å². The van der Waals surface area contributed by atoms with Gasteiger partial charge < -0.3 is 19.4 Å². The predicted octanol–water partition coefficient (Wildman–Crippen LogP) is 1.67. The number of nitrogens with zero attached hydrogens (tertiary/aromatic N) is 1. The average molecular weight is 254 g/mol. The first-order chi connectivity index (χ1) is 8.54. The normalized spacial score (nSPS) is 12.7. The van der Waals surface area contributed by atoms with Gasteiger partial charge in [0.1, 0.15) is 5.76 Å². The maximum Gasteiger partial charge on any atom is 0.373 e. The molecule has 0 aromatic carbocycles. The SMILES string of the molecule is COC(=O)c1ccc(C(C)NCCCN(C)C)o1. The number of esters is 1. The first-order valence-electron chi connectivity index (χ1n) is 6.10. The summed E-state index contributed by atoms with van der Waals surface area (Å²) in [5, 5.41) is 3.35. The maximum atomic E-state index is 11.2. The number of hydrogen-bond acceptors (Lipinski definition) is 5. The standard InChI is InChI=1S/C13H22N2O3/c1-10(14-8-5-9-15(2)3)11-6-7-12(18-11)13(16)17-4/h6-7,10,14H,5,8-9H2,1-4H3. The van der Waals surface area contributed by atoms with E-state index >= 15 is 0 Å². The molecule has 5 heteroatoms. The van der Waals surface area contributed by atoms with Gasteiger partial charge in [-0.2, -0.15) is 0 Å². The molecule has 0 saturated carbocycles. The van der Waals surface area contributed by atoms with Gasteiger partial charge in [0.15, 0.2) is 0 Å². The number of nitrogens with one attached hydrogen (secondary N) is 1. The Hall–Kier alpha value is -1.33. The van der Waals surface area contributed by atoms with Gasteiger partial charge >= 0.3 is 5.97 Å². The molecular formula is C13H22N2O3. The molecule has 1 aromatic rings. The Labute approximate surface area is 108 Å². The van der Waals surface area contributed by atoms with Gasteiger partial charge in [-0.15, -0.1) is 0 Å². The van der Waals surface area contributed by atoms with E-state index in [1.165, 1.54) is 7.11 Å². The Balaban J connectivity index is 2.39. The van der Waals surface area contributed by atoms with Crippen molar-refractivity contribution in [3.8, 4) is 0 Å². The molecule has 0 fully saturated rings. The molecule has 18 heavy (non-hydrogen) atoms. The van der Waals surface area contributed by atoms with Crippen LogP contribution in [0.3, 0.4) is 0 Å². The molecular weight excluding hydrogens is 232 g/mol. The van der Waals surface area contributed by atoms with Gasteiger partial charge in [-0.3, -0.25) is 0 Å². The van der Waals surface area contributed by atoms with E-state index in [0.29, 0.717) is 0 Å². The molecule has 0 radical (unpaired) electrons. The quantitative estimate of drug-likeness (QED) is 0.592. The summed E-state index contributed by atoms with van der Waals surface area (Å²) < 4.78 is 10.0. The summed E-state index contributed by atoms with van der Waals surface area (Å²) in [7, 11) is 5.45. The molecule has 1 N–H and O–H groups in total. The van der Waals surface area contributed by atoms with Crippen LogP contribution < -0.4 is 5.32 Å². The molecule has 5 nitrogen and oxygen atoms in total. The first kappa shape index (κ1) is 14.7. The fourth-order valence-electron chi connectivity index (χ4n) is 1.61. The highest BCUT2D eigenvalue weighted by molar-refractivity contribution is 5.86. The molecule has 102 valence electrons. The molecule has 1 heterocycles. The van der Waals surface area contributed by atoms with Crippen molar-refractivity contribution in [2.45, 2.75) is 19.4 Å². The number of carbonyl (C=O) groups is 1. The van der Waals surface area contributed by atoms with E-state index in [1.54, 1.807) is 12.1 Å². The maximum absolute atomic E-state index is 11.2. The Morgan fingerprint density at radius 3 is 2.83 bits per heavy atom. The van der Waals surface area contributed by atoms with Crippen molar-refractivity contribution >= 4 is 5.97 Å². The van der Waals surface area contributed by atoms with Crippen molar-refractivity contribution in [1.82, 2.24) is 10.2 Å². The number of furan rings is 1. The molecule has 0 amide bonds. The Kier molecular flexibility index (Phi) is 5.88. The zero-order chi connectivity index (χ0) is 13.5. The van der Waals surface area contributed by atoms with Gasteiger partial charge in [-0.25, -0.2) is 4.79 Å². The second-order valence-electron chi connectivity index (χ2n) is 4.53. The van der Waals surface area contributed by atoms with E-state index in [2.05, 4.69) is 29.0 Å². The van der Waals surface area contributed by atoms with Gasteiger partial charge in [-0.1, -0.05) is 0 Å². The third-order valence-corrected chi connectivity index (χ3v) is 2.67. The van der Waals surface area contributed by atoms with E-state index in [1.807, 2.05) is 6.92 Å². The van der Waals surface area contributed by atoms with Crippen LogP contribution in [0, 0.1) is 0 Å². The van der Waals surface area contributed by atoms with Crippen molar-refractivity contribution in [1.29, 1.82) is 0 Å². The summed E-state index contributed by atoms with van der Waals surface area (Å²) in [5.74, 6) is 0.552. The summed E-state index contributed by atoms with van der Waals surface area (Å²) >= 11 is 0. The minimum absolute atomic E-state index is 0.0885. The second kappa shape index (κ2) is 7.18. The van der Waals surface area contributed by atoms with Crippen molar-refractivity contribution in [3.63, 3.8) is 0 Å². The van der Waals surface area contributed by atoms with Gasteiger partial charge in [0.05, 0.1) is 13.2 Å². The van der Waals surface area contributed by atoms with E-state index < -0.39 is 5.97 Å². The molecule has 1 atom stereocenters. The minimum Gasteiger partial charge on any atom is -0.463 e. The molecule has 0 aliphatic heterocycles. The Bertz CT molecular complexity index is 374. The van der Waals surface area contributed by atoms with E-state index in [9.17, 15) is 4.79 Å². The number of methoxy groups -OCH3 is 1. The van der Waals surface area contributed by atoms with Crippen LogP contribution in [0.4, 0.5) is 0 Å². The van der Waals surface area contributed by atoms with Gasteiger partial charge in [0.25, 0.3) is 0 Å². The zero-order valence-electron chi connectivity index (χ0n) is 11.5. The van der Waals surface area contributed by atoms with Crippen LogP contribution in [-0.4, -0.2) is 45.2 Å². The fourth-order valence-corrected chi connectivity index (χ4v) is 1.61. The highest BCUT2D eigenvalue weighted by Crippen LogP contribution is 2.16. The summed E-state index contributed by atoms with van der Waals surface area (Å²) in [5.41, 5.74) is 0. The van der Waals surface area contributed by atoms with Crippen molar-refractivity contribution in [3.05, 3.63) is 23.7 Å². The lowest BCUT2D eigenvalue weighted by molar-refractivity contribution is 0.0562. The molecule has 1 aromatic heterocycles. The van der Waals surface area contributed by atoms with Crippen LogP contribution in [0.25, 0.3) is 0 Å². The monoisotopic (exact) mass is 254 g/mol. The average Bonchev–Trinajstić information content (AvgIpc) is 2.82. The van der Waals surface area contributed by atoms with Crippen molar-refractivity contribution in [2.24, 2.45) is 0 Å². The lowest BCUT2D eigenvalue weighted by Gasteiger charge is -2.13. The fraction of sp³-hybridized carbons (Fsp3) is 0.615. The van der Waals surface area contributed by atoms with E-state index in [4.69, 9.17) is 4.42 Å². The van der Waals surface area contributed by atoms with E-state index in [0.717, 1.165) is 25.3 Å². The van der Waals surface area contributed by atoms with E-state index in [-0.39, 0.29) is 11.8 Å². The lowest BCUT2D eigenvalue weighted by Crippen LogP contribution is -2.23. The predicted molar refractivity (Wildman–Crippen MR) is 69.6 cm³/mol. The largest absolute Gasteiger partial charge is 0.463 e. The lowest BCUT2D eigenvalue weighted by atomic mass is 10.2. The molecule has 0 saturated heterocycles. The Morgan fingerprint density at radius 2 is 2.22 bits per heavy atom. The number of rotatable bonds is 7. The summed E-state index contributed by atoms with van der Waals surface area (Å²) in [6.07, 6.45) is 1.07. The zero-order valence-corrected chi connectivity index (χ0v) is 11.5. The van der Waals surface area contributed by atoms with Gasteiger partial charge in [0, 0.05) is 0 Å². The summed E-state index contributed by atoms with van der Waals surface area (Å²) in [6, 6.07) is 3.53. The molecule has 0 aliphatic rings. The molecule has 0 aliphatic carbocycles. The molecule has 0 bridgehead atoms.